The van der Waals surface area contributed by atoms with E-state index in [1.54, 1.807) is 18.2 Å². The number of aliphatic hydroxyl groups is 1. The molecule has 3 N–H and O–H groups in total. The van der Waals surface area contributed by atoms with Gasteiger partial charge in [0, 0.05) is 18.7 Å². The molecule has 2 aromatic rings. The first-order valence-electron chi connectivity index (χ1n) is 8.91. The van der Waals surface area contributed by atoms with Gasteiger partial charge in [0.25, 0.3) is 0 Å². The van der Waals surface area contributed by atoms with E-state index in [1.165, 1.54) is 12.1 Å². The normalized spacial score (nSPS) is 11.9. The smallest absolute Gasteiger partial charge is 0.191 e. The molecule has 0 spiro atoms. The Morgan fingerprint density at radius 2 is 1.93 bits per heavy atom. The third-order valence-corrected chi connectivity index (χ3v) is 3.80. The molecular formula is C21H27FIN3O2. The van der Waals surface area contributed by atoms with Crippen LogP contribution < -0.4 is 15.4 Å². The number of aliphatic imine (C=N–C) groups is 1. The van der Waals surface area contributed by atoms with Gasteiger partial charge in [-0.15, -0.1) is 24.0 Å². The minimum atomic E-state index is -0.766. The number of rotatable bonds is 9. The van der Waals surface area contributed by atoms with Gasteiger partial charge < -0.3 is 20.5 Å². The number of hydrogen-bond acceptors (Lipinski definition) is 3. The predicted octanol–water partition coefficient (Wildman–Crippen LogP) is 3.80. The van der Waals surface area contributed by atoms with Gasteiger partial charge in [-0.3, -0.25) is 0 Å². The van der Waals surface area contributed by atoms with Crippen LogP contribution >= 0.6 is 24.0 Å². The highest BCUT2D eigenvalue weighted by Gasteiger charge is 2.09. The summed E-state index contributed by atoms with van der Waals surface area (Å²) in [5.41, 5.74) is 1.60. The lowest BCUT2D eigenvalue weighted by Crippen LogP contribution is -2.39. The van der Waals surface area contributed by atoms with Crippen molar-refractivity contribution in [3.63, 3.8) is 0 Å². The molecule has 0 bridgehead atoms. The predicted molar refractivity (Wildman–Crippen MR) is 122 cm³/mol. The molecule has 0 aromatic heterocycles. The van der Waals surface area contributed by atoms with Gasteiger partial charge in [0.2, 0.25) is 0 Å². The SMILES string of the molecule is C=CCOc1ccccc1CN=C(NCC)NCC(O)c1ccc(F)cc1.I. The van der Waals surface area contributed by atoms with E-state index in [9.17, 15) is 9.50 Å². The molecule has 5 nitrogen and oxygen atoms in total. The molecule has 1 unspecified atom stereocenters. The van der Waals surface area contributed by atoms with Gasteiger partial charge >= 0.3 is 0 Å². The number of para-hydroxylation sites is 1. The number of aliphatic hydroxyl groups excluding tert-OH is 1. The van der Waals surface area contributed by atoms with Crippen LogP contribution in [0.15, 0.2) is 66.2 Å². The van der Waals surface area contributed by atoms with Gasteiger partial charge in [-0.25, -0.2) is 9.38 Å². The van der Waals surface area contributed by atoms with Gasteiger partial charge in [-0.2, -0.15) is 0 Å². The maximum Gasteiger partial charge on any atom is 0.191 e. The van der Waals surface area contributed by atoms with Crippen molar-refractivity contribution >= 4 is 29.9 Å². The average Bonchev–Trinajstić information content (AvgIpc) is 2.69. The molecule has 7 heteroatoms. The molecule has 0 amide bonds. The molecular weight excluding hydrogens is 472 g/mol. The summed E-state index contributed by atoms with van der Waals surface area (Å²) < 4.78 is 18.6. The third kappa shape index (κ3) is 7.85. The van der Waals surface area contributed by atoms with Crippen molar-refractivity contribution in [2.45, 2.75) is 19.6 Å². The second kappa shape index (κ2) is 13.1. The Balaban J connectivity index is 0.00000392. The Labute approximate surface area is 182 Å². The highest BCUT2D eigenvalue weighted by atomic mass is 127. The van der Waals surface area contributed by atoms with E-state index in [0.29, 0.717) is 31.2 Å². The van der Waals surface area contributed by atoms with E-state index < -0.39 is 6.10 Å². The van der Waals surface area contributed by atoms with E-state index in [2.05, 4.69) is 22.2 Å². The monoisotopic (exact) mass is 499 g/mol. The minimum absolute atomic E-state index is 0. The largest absolute Gasteiger partial charge is 0.489 e. The zero-order valence-corrected chi connectivity index (χ0v) is 18.2. The van der Waals surface area contributed by atoms with Gasteiger partial charge in [-0.05, 0) is 30.7 Å². The summed E-state index contributed by atoms with van der Waals surface area (Å²) in [4.78, 5) is 4.55. The molecule has 2 rings (SSSR count). The zero-order chi connectivity index (χ0) is 19.5. The molecule has 0 aliphatic rings. The van der Waals surface area contributed by atoms with Crippen LogP contribution in [0.3, 0.4) is 0 Å². The van der Waals surface area contributed by atoms with Crippen molar-refractivity contribution in [3.05, 3.63) is 78.1 Å². The fourth-order valence-electron chi connectivity index (χ4n) is 2.43. The van der Waals surface area contributed by atoms with Crippen molar-refractivity contribution in [2.75, 3.05) is 19.7 Å². The molecule has 0 aliphatic carbocycles. The Kier molecular flexibility index (Phi) is 11.2. The van der Waals surface area contributed by atoms with Crippen LogP contribution in [-0.2, 0) is 6.54 Å². The summed E-state index contributed by atoms with van der Waals surface area (Å²) in [6.45, 7) is 7.43. The van der Waals surface area contributed by atoms with Crippen LogP contribution in [0.4, 0.5) is 4.39 Å². The molecule has 28 heavy (non-hydrogen) atoms. The molecule has 0 fully saturated rings. The van der Waals surface area contributed by atoms with Gasteiger partial charge in [0.1, 0.15) is 18.2 Å². The lowest BCUT2D eigenvalue weighted by Gasteiger charge is -2.16. The molecule has 1 atom stereocenters. The van der Waals surface area contributed by atoms with Gasteiger partial charge in [0.05, 0.1) is 12.6 Å². The van der Waals surface area contributed by atoms with Crippen molar-refractivity contribution in [1.29, 1.82) is 0 Å². The standard InChI is InChI=1S/C21H26FN3O2.HI/c1-3-13-27-20-8-6-5-7-17(20)14-24-21(23-4-2)25-15-19(26)16-9-11-18(22)12-10-16;/h3,5-12,19,26H,1,4,13-15H2,2H3,(H2,23,24,25);1H. The van der Waals surface area contributed by atoms with Crippen molar-refractivity contribution < 1.29 is 14.2 Å². The first kappa shape index (κ1) is 23.9. The van der Waals surface area contributed by atoms with Crippen LogP contribution in [0.5, 0.6) is 5.75 Å². The zero-order valence-electron chi connectivity index (χ0n) is 15.9. The highest BCUT2D eigenvalue weighted by Crippen LogP contribution is 2.19. The van der Waals surface area contributed by atoms with E-state index in [0.717, 1.165) is 11.3 Å². The highest BCUT2D eigenvalue weighted by molar-refractivity contribution is 14.0. The third-order valence-electron chi connectivity index (χ3n) is 3.80. The van der Waals surface area contributed by atoms with E-state index in [-0.39, 0.29) is 36.3 Å². The topological polar surface area (TPSA) is 65.9 Å². The number of benzene rings is 2. The average molecular weight is 499 g/mol. The Bertz CT molecular complexity index is 754. The number of halogens is 2. The first-order valence-corrected chi connectivity index (χ1v) is 8.91. The second-order valence-corrected chi connectivity index (χ2v) is 5.85. The van der Waals surface area contributed by atoms with Gasteiger partial charge in [-0.1, -0.05) is 43.0 Å². The molecule has 0 radical (unpaired) electrons. The lowest BCUT2D eigenvalue weighted by molar-refractivity contribution is 0.180. The van der Waals surface area contributed by atoms with Crippen LogP contribution in [0, 0.1) is 5.82 Å². The number of guanidine groups is 1. The summed E-state index contributed by atoms with van der Waals surface area (Å²) in [6.07, 6.45) is 0.931. The summed E-state index contributed by atoms with van der Waals surface area (Å²) in [7, 11) is 0. The summed E-state index contributed by atoms with van der Waals surface area (Å²) in [5.74, 6) is 1.02. The number of nitrogens with zero attached hydrogens (tertiary/aromatic N) is 1. The number of ether oxygens (including phenoxy) is 1. The fourth-order valence-corrected chi connectivity index (χ4v) is 2.43. The molecule has 0 aliphatic heterocycles. The second-order valence-electron chi connectivity index (χ2n) is 5.85. The number of nitrogens with one attached hydrogen (secondary N) is 2. The van der Waals surface area contributed by atoms with E-state index in [4.69, 9.17) is 4.74 Å². The van der Waals surface area contributed by atoms with Crippen LogP contribution in [0.2, 0.25) is 0 Å². The van der Waals surface area contributed by atoms with E-state index >= 15 is 0 Å². The maximum atomic E-state index is 13.0. The Morgan fingerprint density at radius 3 is 2.61 bits per heavy atom. The Morgan fingerprint density at radius 1 is 1.21 bits per heavy atom. The summed E-state index contributed by atoms with van der Waals surface area (Å²) in [5, 5.41) is 16.5. The van der Waals surface area contributed by atoms with E-state index in [1.807, 2.05) is 31.2 Å². The molecule has 0 heterocycles. The quantitative estimate of drug-likeness (QED) is 0.213. The number of hydrogen-bond donors (Lipinski definition) is 3. The van der Waals surface area contributed by atoms with Crippen LogP contribution in [0.1, 0.15) is 24.2 Å². The lowest BCUT2D eigenvalue weighted by atomic mass is 10.1. The molecule has 2 aromatic carbocycles. The first-order chi connectivity index (χ1) is 13.1. The molecule has 152 valence electrons. The Hall–Kier alpha value is -2.13. The van der Waals surface area contributed by atoms with Crippen LogP contribution in [0.25, 0.3) is 0 Å². The van der Waals surface area contributed by atoms with Crippen molar-refractivity contribution in [1.82, 2.24) is 10.6 Å². The minimum Gasteiger partial charge on any atom is -0.489 e. The molecule has 0 saturated carbocycles. The van der Waals surface area contributed by atoms with Crippen molar-refractivity contribution in [2.24, 2.45) is 4.99 Å². The van der Waals surface area contributed by atoms with Gasteiger partial charge in [0.15, 0.2) is 5.96 Å². The van der Waals surface area contributed by atoms with Crippen LogP contribution in [-0.4, -0.2) is 30.8 Å². The summed E-state index contributed by atoms with van der Waals surface area (Å²) >= 11 is 0. The summed E-state index contributed by atoms with van der Waals surface area (Å²) in [6, 6.07) is 13.5. The fraction of sp³-hybridized carbons (Fsp3) is 0.286. The maximum absolute atomic E-state index is 13.0. The van der Waals surface area contributed by atoms with Crippen molar-refractivity contribution in [3.8, 4) is 5.75 Å². The molecule has 0 saturated heterocycles.